The average molecular weight is 331 g/mol. The molecule has 2 aromatic carbocycles. The average Bonchev–Trinajstić information content (AvgIpc) is 2.76. The van der Waals surface area contributed by atoms with Crippen LogP contribution in [0, 0.1) is 6.92 Å². The maximum Gasteiger partial charge on any atom is 0.330 e. The van der Waals surface area contributed by atoms with Crippen LogP contribution in [0.3, 0.4) is 0 Å². The summed E-state index contributed by atoms with van der Waals surface area (Å²) in [6, 6.07) is 15.0. The van der Waals surface area contributed by atoms with Crippen LogP contribution in [0.25, 0.3) is 0 Å². The van der Waals surface area contributed by atoms with E-state index in [0.717, 1.165) is 24.2 Å². The van der Waals surface area contributed by atoms with Crippen LogP contribution < -0.4 is 13.9 Å². The smallest absolute Gasteiger partial charge is 0.320 e. The topological polar surface area (TPSA) is 52.6 Å². The van der Waals surface area contributed by atoms with Gasteiger partial charge in [-0.2, -0.15) is 8.42 Å². The fraction of sp³-hybridized carbons (Fsp3) is 0.294. The first-order valence-corrected chi connectivity index (χ1v) is 9.09. The minimum Gasteiger partial charge on any atom is -0.320 e. The molecule has 0 fully saturated rings. The van der Waals surface area contributed by atoms with E-state index in [2.05, 4.69) is 5.32 Å². The normalized spacial score (nSPS) is 15.7. The van der Waals surface area contributed by atoms with E-state index < -0.39 is 10.2 Å². The molecule has 1 N–H and O–H groups in total. The fourth-order valence-corrected chi connectivity index (χ4v) is 4.69. The minimum absolute atomic E-state index is 0.461. The van der Waals surface area contributed by atoms with E-state index >= 15 is 0 Å². The van der Waals surface area contributed by atoms with Crippen molar-refractivity contribution >= 4 is 27.3 Å². The van der Waals surface area contributed by atoms with Gasteiger partial charge < -0.3 is 5.32 Å². The number of para-hydroxylation sites is 3. The van der Waals surface area contributed by atoms with E-state index in [0.29, 0.717) is 17.9 Å². The minimum atomic E-state index is -3.60. The summed E-state index contributed by atoms with van der Waals surface area (Å²) in [5.74, 6) is 0. The molecular weight excluding hydrogens is 310 g/mol. The highest BCUT2D eigenvalue weighted by molar-refractivity contribution is 7.95. The fourth-order valence-electron chi connectivity index (χ4n) is 2.87. The molecule has 1 heterocycles. The van der Waals surface area contributed by atoms with Gasteiger partial charge in [0.05, 0.1) is 17.1 Å². The largest absolute Gasteiger partial charge is 0.330 e. The lowest BCUT2D eigenvalue weighted by Crippen LogP contribution is -2.37. The van der Waals surface area contributed by atoms with Gasteiger partial charge in [0.2, 0.25) is 0 Å². The number of hydrogen-bond donors (Lipinski definition) is 1. The maximum atomic E-state index is 13.1. The van der Waals surface area contributed by atoms with Crippen LogP contribution in [0.2, 0.25) is 0 Å². The Labute approximate surface area is 137 Å². The molecule has 0 radical (unpaired) electrons. The van der Waals surface area contributed by atoms with E-state index in [-0.39, 0.29) is 0 Å². The lowest BCUT2D eigenvalue weighted by molar-refractivity contribution is 0.591. The van der Waals surface area contributed by atoms with Crippen molar-refractivity contribution in [3.8, 4) is 0 Å². The van der Waals surface area contributed by atoms with Crippen molar-refractivity contribution in [3.63, 3.8) is 0 Å². The quantitative estimate of drug-likeness (QED) is 0.857. The van der Waals surface area contributed by atoms with Crippen LogP contribution in [-0.2, 0) is 10.2 Å². The zero-order valence-electron chi connectivity index (χ0n) is 13.4. The van der Waals surface area contributed by atoms with Crippen molar-refractivity contribution in [1.82, 2.24) is 5.32 Å². The molecule has 0 amide bonds. The van der Waals surface area contributed by atoms with Crippen LogP contribution in [0.5, 0.6) is 0 Å². The van der Waals surface area contributed by atoms with Crippen molar-refractivity contribution < 1.29 is 8.42 Å². The second-order valence-electron chi connectivity index (χ2n) is 5.58. The molecule has 3 rings (SSSR count). The van der Waals surface area contributed by atoms with Crippen molar-refractivity contribution in [1.29, 1.82) is 0 Å². The van der Waals surface area contributed by atoms with Gasteiger partial charge in [0.15, 0.2) is 0 Å². The number of anilines is 3. The second kappa shape index (κ2) is 6.22. The lowest BCUT2D eigenvalue weighted by Gasteiger charge is -2.23. The number of nitrogens with one attached hydrogen (secondary N) is 1. The molecule has 0 aliphatic carbocycles. The third-order valence-corrected chi connectivity index (χ3v) is 5.79. The van der Waals surface area contributed by atoms with Crippen LogP contribution >= 0.6 is 0 Å². The summed E-state index contributed by atoms with van der Waals surface area (Å²) >= 11 is 0. The maximum absolute atomic E-state index is 13.1. The zero-order valence-corrected chi connectivity index (χ0v) is 14.2. The third-order valence-electron chi connectivity index (χ3n) is 4.00. The molecule has 1 aliphatic heterocycles. The van der Waals surface area contributed by atoms with Gasteiger partial charge in [-0.25, -0.2) is 4.31 Å². The van der Waals surface area contributed by atoms with Gasteiger partial charge in [-0.15, -0.1) is 0 Å². The number of benzene rings is 2. The van der Waals surface area contributed by atoms with Gasteiger partial charge in [0.25, 0.3) is 0 Å². The van der Waals surface area contributed by atoms with Crippen LogP contribution in [0.4, 0.5) is 17.1 Å². The second-order valence-corrected chi connectivity index (χ2v) is 7.28. The van der Waals surface area contributed by atoms with Crippen molar-refractivity contribution in [3.05, 3.63) is 54.1 Å². The standard InChI is InChI=1S/C17H21N3O2S/c1-14-8-3-4-9-15(14)20-17-11-6-5-10-16(17)19(23(20,21)22)13-7-12-18-2/h3-6,8-11,18H,7,12-13H2,1-2H3. The summed E-state index contributed by atoms with van der Waals surface area (Å²) in [6.07, 6.45) is 0.756. The number of nitrogens with zero attached hydrogens (tertiary/aromatic N) is 2. The number of hydrogen-bond acceptors (Lipinski definition) is 3. The summed E-state index contributed by atoms with van der Waals surface area (Å²) in [6.45, 7) is 3.16. The Balaban J connectivity index is 2.09. The highest BCUT2D eigenvalue weighted by Crippen LogP contribution is 2.45. The first-order chi connectivity index (χ1) is 11.1. The van der Waals surface area contributed by atoms with Gasteiger partial charge in [0.1, 0.15) is 0 Å². The van der Waals surface area contributed by atoms with E-state index in [1.54, 1.807) is 0 Å². The molecule has 122 valence electrons. The molecule has 0 aromatic heterocycles. The molecule has 6 heteroatoms. The summed E-state index contributed by atoms with van der Waals surface area (Å²) in [5, 5.41) is 3.06. The number of fused-ring (bicyclic) bond motifs is 1. The first-order valence-electron chi connectivity index (χ1n) is 7.69. The molecule has 0 saturated heterocycles. The van der Waals surface area contributed by atoms with E-state index in [1.165, 1.54) is 8.61 Å². The monoisotopic (exact) mass is 331 g/mol. The van der Waals surface area contributed by atoms with Crippen molar-refractivity contribution in [2.75, 3.05) is 28.7 Å². The summed E-state index contributed by atoms with van der Waals surface area (Å²) in [5.41, 5.74) is 3.09. The SMILES string of the molecule is CNCCCN1c2ccccc2N(c2ccccc2C)S1(=O)=O. The molecule has 5 nitrogen and oxygen atoms in total. The number of aryl methyl sites for hydroxylation is 1. The molecule has 0 spiro atoms. The third kappa shape index (κ3) is 2.68. The van der Waals surface area contributed by atoms with E-state index in [1.807, 2.05) is 62.5 Å². The van der Waals surface area contributed by atoms with Gasteiger partial charge in [-0.3, -0.25) is 4.31 Å². The molecule has 2 aromatic rings. The van der Waals surface area contributed by atoms with Crippen molar-refractivity contribution in [2.45, 2.75) is 13.3 Å². The Morgan fingerprint density at radius 2 is 1.57 bits per heavy atom. The summed E-state index contributed by atoms with van der Waals surface area (Å²) in [4.78, 5) is 0. The van der Waals surface area contributed by atoms with Crippen molar-refractivity contribution in [2.24, 2.45) is 0 Å². The van der Waals surface area contributed by atoms with Gasteiger partial charge in [-0.1, -0.05) is 30.3 Å². The predicted octanol–water partition coefficient (Wildman–Crippen LogP) is 2.81. The van der Waals surface area contributed by atoms with E-state index in [4.69, 9.17) is 0 Å². The Kier molecular flexibility index (Phi) is 4.28. The predicted molar refractivity (Wildman–Crippen MR) is 94.6 cm³/mol. The van der Waals surface area contributed by atoms with Gasteiger partial charge >= 0.3 is 10.2 Å². The van der Waals surface area contributed by atoms with Crippen LogP contribution in [-0.4, -0.2) is 28.6 Å². The molecule has 1 aliphatic rings. The Bertz CT molecular complexity index is 805. The van der Waals surface area contributed by atoms with Crippen LogP contribution in [0.15, 0.2) is 48.5 Å². The first kappa shape index (κ1) is 15.8. The lowest BCUT2D eigenvalue weighted by atomic mass is 10.2. The van der Waals surface area contributed by atoms with Gasteiger partial charge in [-0.05, 0) is 50.7 Å². The molecule has 23 heavy (non-hydrogen) atoms. The summed E-state index contributed by atoms with van der Waals surface area (Å²) < 4.78 is 29.2. The summed E-state index contributed by atoms with van der Waals surface area (Å²) in [7, 11) is -1.74. The zero-order chi connectivity index (χ0) is 16.4. The van der Waals surface area contributed by atoms with Gasteiger partial charge in [0, 0.05) is 6.54 Å². The molecule has 0 unspecified atom stereocenters. The molecule has 0 saturated carbocycles. The van der Waals surface area contributed by atoms with Crippen LogP contribution in [0.1, 0.15) is 12.0 Å². The Morgan fingerprint density at radius 1 is 0.957 bits per heavy atom. The Morgan fingerprint density at radius 3 is 2.22 bits per heavy atom. The highest BCUT2D eigenvalue weighted by atomic mass is 32.2. The molecular formula is C17H21N3O2S. The number of rotatable bonds is 5. The molecule has 0 atom stereocenters. The Hall–Kier alpha value is -2.05. The highest BCUT2D eigenvalue weighted by Gasteiger charge is 2.41. The van der Waals surface area contributed by atoms with E-state index in [9.17, 15) is 8.42 Å². The molecule has 0 bridgehead atoms.